The quantitative estimate of drug-likeness (QED) is 0.226. The van der Waals surface area contributed by atoms with Gasteiger partial charge in [0, 0.05) is 54.9 Å². The van der Waals surface area contributed by atoms with Crippen molar-refractivity contribution in [2.75, 3.05) is 0 Å². The third kappa shape index (κ3) is 6.12. The van der Waals surface area contributed by atoms with Gasteiger partial charge in [0.25, 0.3) is 0 Å². The highest BCUT2D eigenvalue weighted by molar-refractivity contribution is 6.69. The topological polar surface area (TPSA) is 14.8 Å². The van der Waals surface area contributed by atoms with Crippen molar-refractivity contribution in [2.45, 2.75) is 0 Å². The van der Waals surface area contributed by atoms with Gasteiger partial charge in [-0.3, -0.25) is 0 Å². The van der Waals surface area contributed by atoms with E-state index in [4.69, 9.17) is 0 Å². The minimum absolute atomic E-state index is 1.17. The molecule has 0 saturated heterocycles. The molecule has 70 heavy (non-hydrogen) atoms. The van der Waals surface area contributed by atoms with Crippen LogP contribution in [-0.4, -0.2) is 68.6 Å². The number of rotatable bonds is 6. The molecule has 0 aliphatic carbocycles. The van der Waals surface area contributed by atoms with Gasteiger partial charge >= 0.3 is 0 Å². The lowest BCUT2D eigenvalue weighted by Gasteiger charge is -2.19. The Balaban J connectivity index is 1.08. The van der Waals surface area contributed by atoms with E-state index in [0.29, 0.717) is 0 Å². The maximum atomic E-state index is 2.61. The Morgan fingerprint density at radius 2 is 0.814 bits per heavy atom. The summed E-state index contributed by atoms with van der Waals surface area (Å²) in [7, 11) is 16.4. The van der Waals surface area contributed by atoms with Crippen molar-refractivity contribution >= 4 is 159 Å². The highest BCUT2D eigenvalue weighted by Crippen LogP contribution is 2.41. The Morgan fingerprint density at radius 1 is 0.271 bits per heavy atom. The standard InChI is InChI=1S/C60H46B7N3/c61-52-49(36-25-28-47-42(30-36)41-27-24-35(33-14-4-1-5-15-33)31-48(41)70(47)44-22-12-10-20-39(44)34-16-6-2-7-17-34)53(62)57(66)59-50(52)51-54(63)55(64)56(65)58(67)60(51)69(59)38-26-29-46-43(32-38)40-21-11-13-23-45(40)68(46)37-18-8-3-9-19-37/h1-32H,61-67H2. The lowest BCUT2D eigenvalue weighted by molar-refractivity contribution is 1.17. The molecular weight excluding hydrogens is 838 g/mol. The lowest BCUT2D eigenvalue weighted by atomic mass is 9.64. The molecule has 0 aliphatic rings. The van der Waals surface area contributed by atoms with Crippen LogP contribution in [-0.2, 0) is 0 Å². The van der Waals surface area contributed by atoms with E-state index in [9.17, 15) is 0 Å². The summed E-state index contributed by atoms with van der Waals surface area (Å²) in [6.07, 6.45) is 0. The average molecular weight is 885 g/mol. The van der Waals surface area contributed by atoms with Gasteiger partial charge in [-0.2, -0.15) is 0 Å². The van der Waals surface area contributed by atoms with E-state index in [1.807, 2.05) is 0 Å². The van der Waals surface area contributed by atoms with E-state index in [-0.39, 0.29) is 0 Å². The summed E-state index contributed by atoms with van der Waals surface area (Å²) >= 11 is 0. The molecule has 0 aliphatic heterocycles. The summed E-state index contributed by atoms with van der Waals surface area (Å²) in [5.74, 6) is 0. The molecule has 0 N–H and O–H groups in total. The molecule has 3 heterocycles. The first-order valence-electron chi connectivity index (χ1n) is 24.6. The van der Waals surface area contributed by atoms with Crippen LogP contribution in [0.4, 0.5) is 0 Å². The maximum Gasteiger partial charge on any atom is 0.141 e. The van der Waals surface area contributed by atoms with Gasteiger partial charge in [0.2, 0.25) is 0 Å². The Bertz CT molecular complexity index is 4310. The fraction of sp³-hybridized carbons (Fsp3) is 0. The Morgan fingerprint density at radius 3 is 1.57 bits per heavy atom. The van der Waals surface area contributed by atoms with Gasteiger partial charge in [0.1, 0.15) is 54.9 Å². The molecule has 10 aromatic carbocycles. The van der Waals surface area contributed by atoms with Crippen LogP contribution >= 0.6 is 0 Å². The van der Waals surface area contributed by atoms with Crippen LogP contribution in [0.2, 0.25) is 0 Å². The van der Waals surface area contributed by atoms with Crippen molar-refractivity contribution in [3.05, 3.63) is 194 Å². The van der Waals surface area contributed by atoms with Gasteiger partial charge in [-0.25, -0.2) is 0 Å². The molecule has 0 bridgehead atoms. The second-order valence-corrected chi connectivity index (χ2v) is 19.5. The van der Waals surface area contributed by atoms with Crippen LogP contribution in [0.5, 0.6) is 0 Å². The Hall–Kier alpha value is -7.95. The predicted molar refractivity (Wildman–Crippen MR) is 323 cm³/mol. The predicted octanol–water partition coefficient (Wildman–Crippen LogP) is 3.79. The third-order valence-electron chi connectivity index (χ3n) is 16.0. The Labute approximate surface area is 414 Å². The van der Waals surface area contributed by atoms with Crippen molar-refractivity contribution in [3.8, 4) is 50.4 Å². The second-order valence-electron chi connectivity index (χ2n) is 19.5. The van der Waals surface area contributed by atoms with Gasteiger partial charge in [-0.05, 0) is 93.9 Å². The highest BCUT2D eigenvalue weighted by atomic mass is 15.0. The molecule has 0 spiro atoms. The van der Waals surface area contributed by atoms with E-state index < -0.39 is 0 Å². The number of benzene rings is 10. The SMILES string of the molecule is Bc1c(B)c(B)c2c(c1B)c1c(B)c(-c3ccc4c(c3)c3ccc(-c5ccccc5)cc3n4-c3ccccc3-c3ccccc3)c(B)c(B)c1n2-c1ccc2c(c1)c1ccccc1n2-c1ccccc1. The van der Waals surface area contributed by atoms with Crippen LogP contribution in [0, 0.1) is 0 Å². The van der Waals surface area contributed by atoms with Gasteiger partial charge < -0.3 is 13.7 Å². The number of hydrogen-bond acceptors (Lipinski definition) is 0. The smallest absolute Gasteiger partial charge is 0.141 e. The summed E-state index contributed by atoms with van der Waals surface area (Å²) in [4.78, 5) is 0. The summed E-state index contributed by atoms with van der Waals surface area (Å²) in [5.41, 5.74) is 27.6. The summed E-state index contributed by atoms with van der Waals surface area (Å²) in [5, 5.41) is 7.69. The first kappa shape index (κ1) is 42.2. The van der Waals surface area contributed by atoms with Crippen molar-refractivity contribution in [2.24, 2.45) is 0 Å². The monoisotopic (exact) mass is 885 g/mol. The molecule has 322 valence electrons. The van der Waals surface area contributed by atoms with E-state index in [0.717, 1.165) is 0 Å². The maximum absolute atomic E-state index is 2.61. The zero-order chi connectivity index (χ0) is 47.5. The zero-order valence-corrected chi connectivity index (χ0v) is 40.8. The fourth-order valence-electron chi connectivity index (χ4n) is 12.1. The molecule has 10 heteroatoms. The lowest BCUT2D eigenvalue weighted by Crippen LogP contribution is -2.48. The third-order valence-corrected chi connectivity index (χ3v) is 16.0. The first-order chi connectivity index (χ1) is 34.2. The van der Waals surface area contributed by atoms with Crippen LogP contribution in [0.25, 0.3) is 116 Å². The molecule has 3 aromatic heterocycles. The van der Waals surface area contributed by atoms with Gasteiger partial charge in [-0.1, -0.05) is 166 Å². The van der Waals surface area contributed by atoms with E-state index in [1.165, 1.54) is 154 Å². The number of para-hydroxylation sites is 3. The number of aromatic nitrogens is 3. The average Bonchev–Trinajstić information content (AvgIpc) is 4.06. The van der Waals surface area contributed by atoms with Crippen LogP contribution in [0.1, 0.15) is 0 Å². The molecule has 13 aromatic rings. The first-order valence-corrected chi connectivity index (χ1v) is 24.6. The van der Waals surface area contributed by atoms with E-state index in [1.54, 1.807) is 0 Å². The molecule has 13 rings (SSSR count). The van der Waals surface area contributed by atoms with Crippen molar-refractivity contribution < 1.29 is 0 Å². The van der Waals surface area contributed by atoms with Crippen LogP contribution < -0.4 is 38.2 Å². The molecular formula is C60H46B7N3. The number of hydrogen-bond donors (Lipinski definition) is 0. The van der Waals surface area contributed by atoms with Crippen molar-refractivity contribution in [1.29, 1.82) is 0 Å². The minimum atomic E-state index is 1.17. The van der Waals surface area contributed by atoms with E-state index in [2.05, 4.69) is 263 Å². The van der Waals surface area contributed by atoms with Crippen molar-refractivity contribution in [3.63, 3.8) is 0 Å². The molecule has 0 fully saturated rings. The van der Waals surface area contributed by atoms with Gasteiger partial charge in [0.15, 0.2) is 0 Å². The minimum Gasteiger partial charge on any atom is -0.310 e. The molecule has 0 amide bonds. The second kappa shape index (κ2) is 16.1. The fourth-order valence-corrected chi connectivity index (χ4v) is 12.1. The molecule has 0 radical (unpaired) electrons. The Kier molecular flexibility index (Phi) is 9.68. The molecule has 0 unspecified atom stereocenters. The number of nitrogens with zero attached hydrogens (tertiary/aromatic N) is 3. The molecule has 3 nitrogen and oxygen atoms in total. The zero-order valence-electron chi connectivity index (χ0n) is 40.8. The molecule has 0 atom stereocenters. The van der Waals surface area contributed by atoms with Crippen LogP contribution in [0.15, 0.2) is 194 Å². The van der Waals surface area contributed by atoms with Gasteiger partial charge in [-0.15, -0.1) is 5.46 Å². The summed E-state index contributed by atoms with van der Waals surface area (Å²) in [6.45, 7) is 0. The summed E-state index contributed by atoms with van der Waals surface area (Å²) < 4.78 is 7.52. The molecule has 0 saturated carbocycles. The summed E-state index contributed by atoms with van der Waals surface area (Å²) in [6, 6.07) is 71.4. The largest absolute Gasteiger partial charge is 0.310 e. The highest BCUT2D eigenvalue weighted by Gasteiger charge is 2.26. The number of fused-ring (bicyclic) bond motifs is 9. The normalized spacial score (nSPS) is 11.8. The van der Waals surface area contributed by atoms with Crippen LogP contribution in [0.3, 0.4) is 0 Å². The van der Waals surface area contributed by atoms with Crippen molar-refractivity contribution in [1.82, 2.24) is 13.7 Å². The van der Waals surface area contributed by atoms with Gasteiger partial charge in [0.05, 0.1) is 27.8 Å². The van der Waals surface area contributed by atoms with E-state index >= 15 is 0 Å².